The summed E-state index contributed by atoms with van der Waals surface area (Å²) in [5.41, 5.74) is 12.8. The second kappa shape index (κ2) is 7.64. The first-order valence-corrected chi connectivity index (χ1v) is 6.84. The maximum Gasteiger partial charge on any atom is 0.240 e. The highest BCUT2D eigenvalue weighted by Gasteiger charge is 2.23. The minimum absolute atomic E-state index is 0.0591. The fourth-order valence-corrected chi connectivity index (χ4v) is 1.69. The summed E-state index contributed by atoms with van der Waals surface area (Å²) in [4.78, 5) is 23.3. The lowest BCUT2D eigenvalue weighted by Gasteiger charge is -2.22. The number of hydrogen-bond donors (Lipinski definition) is 4. The first-order chi connectivity index (χ1) is 9.81. The maximum atomic E-state index is 12.0. The van der Waals surface area contributed by atoms with Crippen molar-refractivity contribution in [3.05, 3.63) is 36.8 Å². The van der Waals surface area contributed by atoms with E-state index >= 15 is 0 Å². The highest BCUT2D eigenvalue weighted by molar-refractivity contribution is 5.89. The van der Waals surface area contributed by atoms with Gasteiger partial charge in [0.1, 0.15) is 12.1 Å². The number of primary amides is 1. The number of carbonyl (C=O) groups excluding carboxylic acids is 2. The molecule has 2 unspecified atom stereocenters. The summed E-state index contributed by atoms with van der Waals surface area (Å²) in [7, 11) is 0. The van der Waals surface area contributed by atoms with E-state index in [2.05, 4.69) is 23.1 Å². The fourth-order valence-electron chi connectivity index (χ4n) is 1.69. The molecule has 0 heterocycles. The highest BCUT2D eigenvalue weighted by atomic mass is 16.2. The molecule has 1 rings (SSSR count). The summed E-state index contributed by atoms with van der Waals surface area (Å²) in [6.45, 7) is 9.14. The van der Waals surface area contributed by atoms with Gasteiger partial charge >= 0.3 is 0 Å². The second-order valence-electron chi connectivity index (χ2n) is 5.32. The smallest absolute Gasteiger partial charge is 0.240 e. The van der Waals surface area contributed by atoms with Gasteiger partial charge in [0.05, 0.1) is 0 Å². The fraction of sp³-hybridized carbons (Fsp3) is 0.400. The number of nitrogens with two attached hydrogens (primary N) is 1. The van der Waals surface area contributed by atoms with Crippen molar-refractivity contribution in [1.29, 1.82) is 0 Å². The second-order valence-corrected chi connectivity index (χ2v) is 5.32. The number of nitrogens with one attached hydrogen (secondary N) is 3. The molecule has 5 N–H and O–H groups in total. The predicted molar refractivity (Wildman–Crippen MR) is 83.1 cm³/mol. The summed E-state index contributed by atoms with van der Waals surface area (Å²) in [6, 6.07) is 6.21. The molecule has 2 atom stereocenters. The molecule has 1 aromatic carbocycles. The quantitative estimate of drug-likeness (QED) is 0.559. The summed E-state index contributed by atoms with van der Waals surface area (Å²) in [6.07, 6.45) is 0. The molecule has 0 aliphatic carbocycles. The number of hydrazine groups is 1. The van der Waals surface area contributed by atoms with Gasteiger partial charge in [0.2, 0.25) is 11.8 Å². The molecule has 0 spiro atoms. The van der Waals surface area contributed by atoms with Gasteiger partial charge in [-0.15, -0.1) is 0 Å². The molecular weight excluding hydrogens is 268 g/mol. The SMILES string of the molecule is [CH2]c1ccc(NNC(C)C(=O)NC(C(N)=O)C(C)C)cc1. The van der Waals surface area contributed by atoms with Crippen molar-refractivity contribution in [1.82, 2.24) is 10.7 Å². The Hall–Kier alpha value is -2.08. The van der Waals surface area contributed by atoms with Crippen molar-refractivity contribution in [3.63, 3.8) is 0 Å². The van der Waals surface area contributed by atoms with Gasteiger partial charge in [-0.25, -0.2) is 5.43 Å². The average molecular weight is 291 g/mol. The van der Waals surface area contributed by atoms with Crippen molar-refractivity contribution < 1.29 is 9.59 Å². The minimum atomic E-state index is -0.674. The van der Waals surface area contributed by atoms with E-state index in [1.165, 1.54) is 0 Å². The molecule has 6 nitrogen and oxygen atoms in total. The Morgan fingerprint density at radius 3 is 2.19 bits per heavy atom. The molecule has 0 aliphatic heterocycles. The van der Waals surface area contributed by atoms with Crippen molar-refractivity contribution >= 4 is 17.5 Å². The average Bonchev–Trinajstić information content (AvgIpc) is 2.42. The van der Waals surface area contributed by atoms with E-state index in [-0.39, 0.29) is 11.8 Å². The summed E-state index contributed by atoms with van der Waals surface area (Å²) >= 11 is 0. The number of carbonyl (C=O) groups is 2. The van der Waals surface area contributed by atoms with Gasteiger partial charge in [-0.2, -0.15) is 0 Å². The standard InChI is InChI=1S/C15H23N4O2/c1-9(2)13(14(16)20)17-15(21)11(4)18-19-12-7-5-10(3)6-8-12/h5-9,11,13,18-19H,3H2,1-2,4H3,(H2,16,20)(H,17,21). The third kappa shape index (κ3) is 5.43. The number of rotatable bonds is 7. The molecule has 0 saturated heterocycles. The van der Waals surface area contributed by atoms with E-state index in [1.807, 2.05) is 38.1 Å². The van der Waals surface area contributed by atoms with E-state index in [4.69, 9.17) is 5.73 Å². The van der Waals surface area contributed by atoms with Crippen molar-refractivity contribution in [2.24, 2.45) is 11.7 Å². The van der Waals surface area contributed by atoms with Gasteiger partial charge in [0.25, 0.3) is 0 Å². The zero-order chi connectivity index (χ0) is 16.0. The highest BCUT2D eigenvalue weighted by Crippen LogP contribution is 2.07. The Kier molecular flexibility index (Phi) is 6.17. The molecule has 2 amide bonds. The van der Waals surface area contributed by atoms with Crippen molar-refractivity contribution in [2.45, 2.75) is 32.9 Å². The molecular formula is C15H23N4O2. The number of amides is 2. The molecule has 0 fully saturated rings. The van der Waals surface area contributed by atoms with Crippen LogP contribution in [0.2, 0.25) is 0 Å². The molecule has 0 aliphatic rings. The molecule has 0 aromatic heterocycles. The third-order valence-corrected chi connectivity index (χ3v) is 3.05. The first-order valence-electron chi connectivity index (χ1n) is 6.84. The zero-order valence-electron chi connectivity index (χ0n) is 12.6. The lowest BCUT2D eigenvalue weighted by Crippen LogP contribution is -2.53. The zero-order valence-corrected chi connectivity index (χ0v) is 12.6. The van der Waals surface area contributed by atoms with Gasteiger partial charge in [0.15, 0.2) is 0 Å². The van der Waals surface area contributed by atoms with Gasteiger partial charge in [-0.05, 0) is 37.5 Å². The van der Waals surface area contributed by atoms with Crippen LogP contribution in [0.15, 0.2) is 24.3 Å². The Labute approximate surface area is 125 Å². The van der Waals surface area contributed by atoms with Crippen LogP contribution in [0.1, 0.15) is 26.3 Å². The van der Waals surface area contributed by atoms with Crippen molar-refractivity contribution in [3.8, 4) is 0 Å². The van der Waals surface area contributed by atoms with E-state index < -0.39 is 18.0 Å². The predicted octanol–water partition coefficient (Wildman–Crippen LogP) is 0.800. The van der Waals surface area contributed by atoms with Crippen LogP contribution >= 0.6 is 0 Å². The van der Waals surface area contributed by atoms with Crippen LogP contribution in [-0.4, -0.2) is 23.9 Å². The largest absolute Gasteiger partial charge is 0.368 e. The molecule has 1 aromatic rings. The Bertz CT molecular complexity index is 485. The van der Waals surface area contributed by atoms with Crippen LogP contribution in [0.5, 0.6) is 0 Å². The maximum absolute atomic E-state index is 12.0. The van der Waals surface area contributed by atoms with Crippen LogP contribution in [0, 0.1) is 12.8 Å². The van der Waals surface area contributed by atoms with Gasteiger partial charge in [-0.3, -0.25) is 9.59 Å². The van der Waals surface area contributed by atoms with Gasteiger partial charge in [-0.1, -0.05) is 26.0 Å². The molecule has 0 bridgehead atoms. The normalized spacial score (nSPS) is 13.6. The molecule has 0 saturated carbocycles. The van der Waals surface area contributed by atoms with E-state index in [0.29, 0.717) is 0 Å². The Balaban J connectivity index is 2.50. The van der Waals surface area contributed by atoms with E-state index in [9.17, 15) is 9.59 Å². The molecule has 1 radical (unpaired) electrons. The number of anilines is 1. The monoisotopic (exact) mass is 291 g/mol. The Morgan fingerprint density at radius 1 is 1.14 bits per heavy atom. The van der Waals surface area contributed by atoms with Crippen molar-refractivity contribution in [2.75, 3.05) is 5.43 Å². The summed E-state index contributed by atoms with van der Waals surface area (Å²) < 4.78 is 0. The first kappa shape index (κ1) is 17.0. The van der Waals surface area contributed by atoms with Crippen LogP contribution in [-0.2, 0) is 9.59 Å². The third-order valence-electron chi connectivity index (χ3n) is 3.05. The van der Waals surface area contributed by atoms with E-state index in [0.717, 1.165) is 11.3 Å². The van der Waals surface area contributed by atoms with Crippen LogP contribution in [0.4, 0.5) is 5.69 Å². The van der Waals surface area contributed by atoms with Crippen LogP contribution in [0.25, 0.3) is 0 Å². The van der Waals surface area contributed by atoms with Crippen LogP contribution in [0.3, 0.4) is 0 Å². The summed E-state index contributed by atoms with van der Waals surface area (Å²) in [5, 5.41) is 2.64. The van der Waals surface area contributed by atoms with Gasteiger partial charge in [0, 0.05) is 5.69 Å². The lowest BCUT2D eigenvalue weighted by molar-refractivity contribution is -0.129. The van der Waals surface area contributed by atoms with Gasteiger partial charge < -0.3 is 16.5 Å². The van der Waals surface area contributed by atoms with E-state index in [1.54, 1.807) is 6.92 Å². The summed E-state index contributed by atoms with van der Waals surface area (Å²) in [5.74, 6) is -0.894. The molecule has 21 heavy (non-hydrogen) atoms. The van der Waals surface area contributed by atoms with Crippen LogP contribution < -0.4 is 21.9 Å². The molecule has 115 valence electrons. The number of benzene rings is 1. The lowest BCUT2D eigenvalue weighted by atomic mass is 10.0. The Morgan fingerprint density at radius 2 is 1.71 bits per heavy atom. The minimum Gasteiger partial charge on any atom is -0.368 e. The molecule has 6 heteroatoms. The number of hydrogen-bond acceptors (Lipinski definition) is 4. The topological polar surface area (TPSA) is 96.2 Å².